The molecule has 60 valence electrons. The van der Waals surface area contributed by atoms with E-state index in [1.807, 2.05) is 13.8 Å². The minimum atomic E-state index is 0.0880. The third-order valence-corrected chi connectivity index (χ3v) is 1.48. The molecule has 0 spiro atoms. The van der Waals surface area contributed by atoms with Crippen LogP contribution in [0.25, 0.3) is 0 Å². The number of hydrogen-bond acceptors (Lipinski definition) is 1. The summed E-state index contributed by atoms with van der Waals surface area (Å²) in [6, 6.07) is 0. The lowest BCUT2D eigenvalue weighted by molar-refractivity contribution is -0.119. The zero-order valence-electron chi connectivity index (χ0n) is 7.32. The first-order valence-corrected chi connectivity index (χ1v) is 3.91. The van der Waals surface area contributed by atoms with Crippen molar-refractivity contribution in [3.05, 3.63) is 0 Å². The van der Waals surface area contributed by atoms with Crippen molar-refractivity contribution in [3.63, 3.8) is 0 Å². The maximum Gasteiger partial charge on any atom is 0.217 e. The highest BCUT2D eigenvalue weighted by molar-refractivity contribution is 5.74. The van der Waals surface area contributed by atoms with Crippen LogP contribution in [-0.4, -0.2) is 11.4 Å². The lowest BCUT2D eigenvalue weighted by Crippen LogP contribution is -2.31. The molecule has 2 nitrogen and oxygen atoms in total. The Labute approximate surface area is 63.0 Å². The van der Waals surface area contributed by atoms with Crippen molar-refractivity contribution in [2.45, 2.75) is 46.1 Å². The molecular formula is C8H17NO. The van der Waals surface area contributed by atoms with Crippen molar-refractivity contribution in [2.24, 2.45) is 0 Å². The van der Waals surface area contributed by atoms with Gasteiger partial charge in [0, 0.05) is 12.5 Å². The molecule has 1 saturated carbocycles. The van der Waals surface area contributed by atoms with Crippen molar-refractivity contribution in [1.29, 1.82) is 0 Å². The van der Waals surface area contributed by atoms with Gasteiger partial charge in [0.1, 0.15) is 0 Å². The summed E-state index contributed by atoms with van der Waals surface area (Å²) in [4.78, 5) is 10.4. The highest BCUT2D eigenvalue weighted by Gasteiger charge is 2.37. The highest BCUT2D eigenvalue weighted by atomic mass is 16.1. The van der Waals surface area contributed by atoms with Gasteiger partial charge >= 0.3 is 0 Å². The summed E-state index contributed by atoms with van der Waals surface area (Å²) in [5.74, 6) is 0.0880. The van der Waals surface area contributed by atoms with Crippen LogP contribution in [0.1, 0.15) is 40.5 Å². The lowest BCUT2D eigenvalue weighted by atomic mass is 10.3. The molecule has 0 aromatic rings. The molecule has 0 aromatic heterocycles. The molecule has 1 N–H and O–H groups in total. The van der Waals surface area contributed by atoms with E-state index in [9.17, 15) is 4.79 Å². The Hall–Kier alpha value is -0.530. The van der Waals surface area contributed by atoms with E-state index in [0.717, 1.165) is 12.8 Å². The van der Waals surface area contributed by atoms with E-state index in [4.69, 9.17) is 0 Å². The second-order valence-electron chi connectivity index (χ2n) is 2.74. The molecule has 10 heavy (non-hydrogen) atoms. The standard InChI is InChI=1S/C6H11NO.C2H6/c1-5(8)7-6(2)3-4-6;1-2/h3-4H2,1-2H3,(H,7,8);1-2H3. The molecule has 1 aliphatic carbocycles. The van der Waals surface area contributed by atoms with Crippen molar-refractivity contribution in [1.82, 2.24) is 5.32 Å². The second kappa shape index (κ2) is 3.59. The van der Waals surface area contributed by atoms with Crippen LogP contribution in [0, 0.1) is 0 Å². The molecule has 0 bridgehead atoms. The molecule has 0 aliphatic heterocycles. The third kappa shape index (κ3) is 3.49. The lowest BCUT2D eigenvalue weighted by Gasteiger charge is -2.06. The molecular weight excluding hydrogens is 126 g/mol. The van der Waals surface area contributed by atoms with Crippen LogP contribution < -0.4 is 5.32 Å². The molecule has 2 heteroatoms. The minimum absolute atomic E-state index is 0.0880. The van der Waals surface area contributed by atoms with Gasteiger partial charge in [-0.15, -0.1) is 0 Å². The average molecular weight is 143 g/mol. The normalized spacial score (nSPS) is 18.4. The van der Waals surface area contributed by atoms with E-state index in [1.165, 1.54) is 0 Å². The highest BCUT2D eigenvalue weighted by Crippen LogP contribution is 2.33. The minimum Gasteiger partial charge on any atom is -0.351 e. The Morgan fingerprint density at radius 3 is 1.90 bits per heavy atom. The summed E-state index contributed by atoms with van der Waals surface area (Å²) in [5, 5.41) is 2.85. The number of hydrogen-bond donors (Lipinski definition) is 1. The SMILES string of the molecule is CC.CC(=O)NC1(C)CC1. The molecule has 1 fully saturated rings. The van der Waals surface area contributed by atoms with Crippen molar-refractivity contribution >= 4 is 5.91 Å². The van der Waals surface area contributed by atoms with Gasteiger partial charge in [-0.3, -0.25) is 4.79 Å². The first-order valence-electron chi connectivity index (χ1n) is 3.91. The molecule has 0 unspecified atom stereocenters. The van der Waals surface area contributed by atoms with Crippen LogP contribution in [0.2, 0.25) is 0 Å². The van der Waals surface area contributed by atoms with Crippen LogP contribution in [0.15, 0.2) is 0 Å². The average Bonchev–Trinajstić information content (AvgIpc) is 2.51. The second-order valence-corrected chi connectivity index (χ2v) is 2.74. The van der Waals surface area contributed by atoms with Crippen LogP contribution in [0.4, 0.5) is 0 Å². The van der Waals surface area contributed by atoms with Crippen LogP contribution in [0.3, 0.4) is 0 Å². The number of nitrogens with one attached hydrogen (secondary N) is 1. The van der Waals surface area contributed by atoms with Gasteiger partial charge in [-0.1, -0.05) is 13.8 Å². The Morgan fingerprint density at radius 1 is 1.40 bits per heavy atom. The molecule has 0 aromatic carbocycles. The summed E-state index contributed by atoms with van der Waals surface area (Å²) >= 11 is 0. The van der Waals surface area contributed by atoms with Crippen molar-refractivity contribution in [2.75, 3.05) is 0 Å². The molecule has 0 saturated heterocycles. The van der Waals surface area contributed by atoms with E-state index in [0.29, 0.717) is 0 Å². The first-order chi connectivity index (χ1) is 4.62. The molecule has 0 heterocycles. The van der Waals surface area contributed by atoms with E-state index >= 15 is 0 Å². The van der Waals surface area contributed by atoms with Crippen molar-refractivity contribution in [3.8, 4) is 0 Å². The monoisotopic (exact) mass is 143 g/mol. The van der Waals surface area contributed by atoms with Crippen LogP contribution in [-0.2, 0) is 4.79 Å². The molecule has 1 rings (SSSR count). The number of rotatable bonds is 1. The van der Waals surface area contributed by atoms with Gasteiger partial charge in [0.2, 0.25) is 5.91 Å². The largest absolute Gasteiger partial charge is 0.351 e. The smallest absolute Gasteiger partial charge is 0.217 e. The summed E-state index contributed by atoms with van der Waals surface area (Å²) in [7, 11) is 0. The van der Waals surface area contributed by atoms with Crippen LogP contribution >= 0.6 is 0 Å². The summed E-state index contributed by atoms with van der Waals surface area (Å²) in [5.41, 5.74) is 0.172. The quantitative estimate of drug-likeness (QED) is 0.594. The topological polar surface area (TPSA) is 29.1 Å². The van der Waals surface area contributed by atoms with Gasteiger partial charge in [-0.2, -0.15) is 0 Å². The Kier molecular flexibility index (Phi) is 3.40. The van der Waals surface area contributed by atoms with Gasteiger partial charge in [0.15, 0.2) is 0 Å². The van der Waals surface area contributed by atoms with E-state index in [-0.39, 0.29) is 11.4 Å². The van der Waals surface area contributed by atoms with E-state index in [2.05, 4.69) is 12.2 Å². The molecule has 0 atom stereocenters. The number of amides is 1. The fourth-order valence-corrected chi connectivity index (χ4v) is 0.737. The fourth-order valence-electron chi connectivity index (χ4n) is 0.737. The number of carbonyl (C=O) groups is 1. The van der Waals surface area contributed by atoms with Crippen LogP contribution in [0.5, 0.6) is 0 Å². The fraction of sp³-hybridized carbons (Fsp3) is 0.875. The predicted molar refractivity (Wildman–Crippen MR) is 42.8 cm³/mol. The van der Waals surface area contributed by atoms with Gasteiger partial charge in [0.25, 0.3) is 0 Å². The zero-order chi connectivity index (χ0) is 8.20. The van der Waals surface area contributed by atoms with E-state index in [1.54, 1.807) is 6.92 Å². The maximum absolute atomic E-state index is 10.4. The maximum atomic E-state index is 10.4. The van der Waals surface area contributed by atoms with Gasteiger partial charge in [-0.25, -0.2) is 0 Å². The Balaban J connectivity index is 0.000000371. The summed E-state index contributed by atoms with van der Waals surface area (Å²) in [6.45, 7) is 7.62. The molecule has 0 radical (unpaired) electrons. The Bertz CT molecular complexity index is 116. The Morgan fingerprint density at radius 2 is 1.80 bits per heavy atom. The van der Waals surface area contributed by atoms with Gasteiger partial charge in [-0.05, 0) is 19.8 Å². The van der Waals surface area contributed by atoms with Gasteiger partial charge < -0.3 is 5.32 Å². The molecule has 1 amide bonds. The van der Waals surface area contributed by atoms with E-state index < -0.39 is 0 Å². The zero-order valence-corrected chi connectivity index (χ0v) is 7.32. The predicted octanol–water partition coefficient (Wildman–Crippen LogP) is 1.70. The molecule has 1 aliphatic rings. The summed E-state index contributed by atoms with van der Waals surface area (Å²) in [6.07, 6.45) is 2.29. The third-order valence-electron chi connectivity index (χ3n) is 1.48. The summed E-state index contributed by atoms with van der Waals surface area (Å²) < 4.78 is 0. The van der Waals surface area contributed by atoms with Crippen molar-refractivity contribution < 1.29 is 4.79 Å². The van der Waals surface area contributed by atoms with Gasteiger partial charge in [0.05, 0.1) is 0 Å². The number of carbonyl (C=O) groups excluding carboxylic acids is 1. The first kappa shape index (κ1) is 9.47.